The highest BCUT2D eigenvalue weighted by Gasteiger charge is 2.27. The average molecular weight is 373 g/mol. The normalized spacial score (nSPS) is 17.1. The quantitative estimate of drug-likeness (QED) is 0.740. The molecule has 0 aliphatic carbocycles. The number of rotatable bonds is 7. The van der Waals surface area contributed by atoms with Gasteiger partial charge in [-0.25, -0.2) is 0 Å². The number of aromatic nitrogens is 3. The lowest BCUT2D eigenvalue weighted by molar-refractivity contribution is 0.0691. The Hall–Kier alpha value is -2.45. The van der Waals surface area contributed by atoms with Crippen molar-refractivity contribution in [2.24, 2.45) is 0 Å². The molecule has 0 bridgehead atoms. The van der Waals surface area contributed by atoms with Crippen molar-refractivity contribution in [3.05, 3.63) is 35.7 Å². The molecule has 0 spiro atoms. The minimum Gasteiger partial charge on any atom is -0.491 e. The Bertz CT molecular complexity index is 759. The fourth-order valence-electron chi connectivity index (χ4n) is 3.16. The second-order valence-corrected chi connectivity index (χ2v) is 6.64. The van der Waals surface area contributed by atoms with Gasteiger partial charge in [-0.1, -0.05) is 0 Å². The molecule has 0 saturated carbocycles. The standard InChI is InChI=1S/C19H27N5O3/c1-14-18(19(25)23-10-4-5-15(13-23)20-2)22-24(21-14)16-6-8-17(9-7-16)27-12-11-26-3/h6-9,15,20H,4-5,10-13H2,1-3H3/t15-/m0/s1. The van der Waals surface area contributed by atoms with Crippen LogP contribution in [0.5, 0.6) is 5.75 Å². The van der Waals surface area contributed by atoms with E-state index in [0.29, 0.717) is 37.2 Å². The van der Waals surface area contributed by atoms with Gasteiger partial charge >= 0.3 is 0 Å². The third-order valence-corrected chi connectivity index (χ3v) is 4.73. The summed E-state index contributed by atoms with van der Waals surface area (Å²) in [5.74, 6) is 0.695. The summed E-state index contributed by atoms with van der Waals surface area (Å²) < 4.78 is 10.5. The molecule has 1 aliphatic rings. The van der Waals surface area contributed by atoms with E-state index >= 15 is 0 Å². The van der Waals surface area contributed by atoms with Crippen LogP contribution >= 0.6 is 0 Å². The largest absolute Gasteiger partial charge is 0.491 e. The molecule has 1 saturated heterocycles. The van der Waals surface area contributed by atoms with Crippen molar-refractivity contribution in [3.63, 3.8) is 0 Å². The van der Waals surface area contributed by atoms with Crippen molar-refractivity contribution in [2.75, 3.05) is 40.5 Å². The molecule has 0 unspecified atom stereocenters. The van der Waals surface area contributed by atoms with Crippen molar-refractivity contribution < 1.29 is 14.3 Å². The Morgan fingerprint density at radius 3 is 2.74 bits per heavy atom. The van der Waals surface area contributed by atoms with Gasteiger partial charge in [0.15, 0.2) is 5.69 Å². The van der Waals surface area contributed by atoms with Crippen LogP contribution in [0.25, 0.3) is 5.69 Å². The van der Waals surface area contributed by atoms with Gasteiger partial charge in [0.05, 0.1) is 18.0 Å². The summed E-state index contributed by atoms with van der Waals surface area (Å²) in [6, 6.07) is 7.78. The Morgan fingerprint density at radius 2 is 2.04 bits per heavy atom. The molecule has 0 radical (unpaired) electrons. The van der Waals surface area contributed by atoms with Gasteiger partial charge in [-0.05, 0) is 51.1 Å². The molecule has 2 heterocycles. The van der Waals surface area contributed by atoms with Crippen molar-refractivity contribution in [3.8, 4) is 11.4 Å². The Kier molecular flexibility index (Phi) is 6.41. The molecule has 1 aromatic carbocycles. The molecule has 146 valence electrons. The summed E-state index contributed by atoms with van der Waals surface area (Å²) in [4.78, 5) is 16.2. The third-order valence-electron chi connectivity index (χ3n) is 4.73. The van der Waals surface area contributed by atoms with Crippen molar-refractivity contribution >= 4 is 5.91 Å². The number of nitrogens with one attached hydrogen (secondary N) is 1. The number of piperidine rings is 1. The van der Waals surface area contributed by atoms with Crippen molar-refractivity contribution in [1.82, 2.24) is 25.2 Å². The van der Waals surface area contributed by atoms with Crippen LogP contribution in [0.15, 0.2) is 24.3 Å². The lowest BCUT2D eigenvalue weighted by atomic mass is 10.1. The second-order valence-electron chi connectivity index (χ2n) is 6.64. The molecule has 27 heavy (non-hydrogen) atoms. The van der Waals surface area contributed by atoms with Gasteiger partial charge in [0.2, 0.25) is 0 Å². The SMILES string of the molecule is CN[C@H]1CCCN(C(=O)c2nn(-c3ccc(OCCOC)cc3)nc2C)C1. The number of hydrogen-bond acceptors (Lipinski definition) is 6. The topological polar surface area (TPSA) is 81.5 Å². The fourth-order valence-corrected chi connectivity index (χ4v) is 3.16. The Morgan fingerprint density at radius 1 is 1.26 bits per heavy atom. The molecule has 1 N–H and O–H groups in total. The first kappa shape index (κ1) is 19.3. The molecule has 1 amide bonds. The molecular weight excluding hydrogens is 346 g/mol. The minimum atomic E-state index is -0.0572. The summed E-state index contributed by atoms with van der Waals surface area (Å²) in [5.41, 5.74) is 1.82. The molecule has 8 heteroatoms. The van der Waals surface area contributed by atoms with Crippen LogP contribution in [0.3, 0.4) is 0 Å². The fraction of sp³-hybridized carbons (Fsp3) is 0.526. The van der Waals surface area contributed by atoms with Gasteiger partial charge < -0.3 is 19.7 Å². The number of methoxy groups -OCH3 is 1. The summed E-state index contributed by atoms with van der Waals surface area (Å²) >= 11 is 0. The number of benzene rings is 1. The van der Waals surface area contributed by atoms with Crippen molar-refractivity contribution in [1.29, 1.82) is 0 Å². The highest BCUT2D eigenvalue weighted by atomic mass is 16.5. The molecule has 3 rings (SSSR count). The van der Waals surface area contributed by atoms with Crippen LogP contribution in [0, 0.1) is 6.92 Å². The zero-order chi connectivity index (χ0) is 19.2. The molecule has 2 aromatic rings. The molecule has 1 aromatic heterocycles. The van der Waals surface area contributed by atoms with E-state index in [0.717, 1.165) is 30.8 Å². The van der Waals surface area contributed by atoms with E-state index in [-0.39, 0.29) is 5.91 Å². The molecule has 1 atom stereocenters. The maximum Gasteiger partial charge on any atom is 0.276 e. The predicted octanol–water partition coefficient (Wildman–Crippen LogP) is 1.42. The van der Waals surface area contributed by atoms with E-state index in [4.69, 9.17) is 9.47 Å². The lowest BCUT2D eigenvalue weighted by Gasteiger charge is -2.32. The highest BCUT2D eigenvalue weighted by molar-refractivity contribution is 5.93. The van der Waals surface area contributed by atoms with E-state index in [2.05, 4.69) is 15.5 Å². The number of likely N-dealkylation sites (N-methyl/N-ethyl adjacent to an activating group) is 1. The number of nitrogens with zero attached hydrogens (tertiary/aromatic N) is 4. The lowest BCUT2D eigenvalue weighted by Crippen LogP contribution is -2.47. The average Bonchev–Trinajstić information content (AvgIpc) is 3.10. The Balaban J connectivity index is 1.71. The number of carbonyl (C=O) groups excluding carboxylic acids is 1. The first-order chi connectivity index (χ1) is 13.1. The van der Waals surface area contributed by atoms with Crippen molar-refractivity contribution in [2.45, 2.75) is 25.8 Å². The van der Waals surface area contributed by atoms with Crippen LogP contribution in [0.2, 0.25) is 0 Å². The van der Waals surface area contributed by atoms with Crippen LogP contribution in [0.4, 0.5) is 0 Å². The van der Waals surface area contributed by atoms with Gasteiger partial charge in [0.1, 0.15) is 12.4 Å². The zero-order valence-electron chi connectivity index (χ0n) is 16.1. The smallest absolute Gasteiger partial charge is 0.276 e. The third kappa shape index (κ3) is 4.64. The van der Waals surface area contributed by atoms with Crippen LogP contribution < -0.4 is 10.1 Å². The van der Waals surface area contributed by atoms with E-state index in [1.807, 2.05) is 43.1 Å². The van der Waals surface area contributed by atoms with E-state index in [1.165, 1.54) is 4.80 Å². The summed E-state index contributed by atoms with van der Waals surface area (Å²) in [6.45, 7) is 4.32. The Labute approximate surface area is 159 Å². The number of amides is 1. The molecule has 1 aliphatic heterocycles. The number of likely N-dealkylation sites (tertiary alicyclic amines) is 1. The summed E-state index contributed by atoms with van der Waals surface area (Å²) in [7, 11) is 3.57. The van der Waals surface area contributed by atoms with Gasteiger partial charge in [0.25, 0.3) is 5.91 Å². The van der Waals surface area contributed by atoms with E-state index < -0.39 is 0 Å². The highest BCUT2D eigenvalue weighted by Crippen LogP contribution is 2.17. The molecular formula is C19H27N5O3. The number of aryl methyl sites for hydroxylation is 1. The first-order valence-electron chi connectivity index (χ1n) is 9.25. The zero-order valence-corrected chi connectivity index (χ0v) is 16.1. The molecule has 1 fully saturated rings. The van der Waals surface area contributed by atoms with Gasteiger partial charge in [-0.15, -0.1) is 5.10 Å². The van der Waals surface area contributed by atoms with E-state index in [9.17, 15) is 4.79 Å². The monoisotopic (exact) mass is 373 g/mol. The van der Waals surface area contributed by atoms with Crippen LogP contribution in [0.1, 0.15) is 29.0 Å². The summed E-state index contributed by atoms with van der Waals surface area (Å²) in [6.07, 6.45) is 2.08. The van der Waals surface area contributed by atoms with Crippen LogP contribution in [-0.4, -0.2) is 72.3 Å². The maximum absolute atomic E-state index is 12.9. The minimum absolute atomic E-state index is 0.0572. The van der Waals surface area contributed by atoms with E-state index in [1.54, 1.807) is 7.11 Å². The number of carbonyl (C=O) groups is 1. The number of hydrogen-bond donors (Lipinski definition) is 1. The maximum atomic E-state index is 12.9. The summed E-state index contributed by atoms with van der Waals surface area (Å²) in [5, 5.41) is 12.1. The van der Waals surface area contributed by atoms with Gasteiger partial charge in [-0.3, -0.25) is 4.79 Å². The first-order valence-corrected chi connectivity index (χ1v) is 9.25. The van der Waals surface area contributed by atoms with Crippen LogP contribution in [-0.2, 0) is 4.74 Å². The number of ether oxygens (including phenoxy) is 2. The predicted molar refractivity (Wildman–Crippen MR) is 101 cm³/mol. The molecule has 8 nitrogen and oxygen atoms in total. The second kappa shape index (κ2) is 8.96. The van der Waals surface area contributed by atoms with Gasteiger partial charge in [-0.2, -0.15) is 9.90 Å². The van der Waals surface area contributed by atoms with Gasteiger partial charge in [0, 0.05) is 26.2 Å².